The van der Waals surface area contributed by atoms with Crippen molar-refractivity contribution in [3.05, 3.63) is 10.0 Å². The van der Waals surface area contributed by atoms with Crippen LogP contribution < -0.4 is 5.32 Å². The van der Waals surface area contributed by atoms with Crippen LogP contribution in [0.4, 0.5) is 0 Å². The monoisotopic (exact) mass is 277 g/mol. The van der Waals surface area contributed by atoms with Crippen LogP contribution in [0.2, 0.25) is 0 Å². The summed E-state index contributed by atoms with van der Waals surface area (Å²) in [6.07, 6.45) is 1.22. The molecule has 0 spiro atoms. The van der Waals surface area contributed by atoms with E-state index >= 15 is 0 Å². The van der Waals surface area contributed by atoms with Crippen LogP contribution >= 0.6 is 11.3 Å². The Morgan fingerprint density at radius 1 is 1.29 bits per heavy atom. The molecule has 0 aliphatic rings. The Morgan fingerprint density at radius 3 is 2.47 bits per heavy atom. The molecule has 1 atom stereocenters. The van der Waals surface area contributed by atoms with E-state index in [1.807, 2.05) is 0 Å². The summed E-state index contributed by atoms with van der Waals surface area (Å²) in [5, 5.41) is 12.0. The molecule has 0 aliphatic carbocycles. The van der Waals surface area contributed by atoms with Crippen LogP contribution in [0.25, 0.3) is 0 Å². The Hall–Kier alpha value is -0.530. The van der Waals surface area contributed by atoms with E-state index in [0.717, 1.165) is 11.6 Å². The Morgan fingerprint density at radius 2 is 1.94 bits per heavy atom. The summed E-state index contributed by atoms with van der Waals surface area (Å²) in [6, 6.07) is 0. The molecule has 0 bridgehead atoms. The maximum Gasteiger partial charge on any atom is 0.156 e. The number of nitrogens with one attached hydrogen (secondary N) is 1. The van der Waals surface area contributed by atoms with E-state index in [-0.39, 0.29) is 0 Å². The van der Waals surface area contributed by atoms with Gasteiger partial charge in [-0.1, -0.05) is 25.2 Å². The van der Waals surface area contributed by atoms with Gasteiger partial charge >= 0.3 is 0 Å². The smallest absolute Gasteiger partial charge is 0.156 e. The van der Waals surface area contributed by atoms with Gasteiger partial charge in [-0.05, 0) is 19.4 Å². The predicted molar refractivity (Wildman–Crippen MR) is 69.7 cm³/mol. The van der Waals surface area contributed by atoms with Crippen LogP contribution in [0.15, 0.2) is 0 Å². The van der Waals surface area contributed by atoms with E-state index in [0.29, 0.717) is 17.5 Å². The van der Waals surface area contributed by atoms with Gasteiger partial charge in [-0.15, -0.1) is 10.2 Å². The molecule has 1 aromatic rings. The van der Waals surface area contributed by atoms with Crippen molar-refractivity contribution in [1.82, 2.24) is 15.5 Å². The lowest BCUT2D eigenvalue weighted by Crippen LogP contribution is -2.18. The average Bonchev–Trinajstić information content (AvgIpc) is 2.63. The highest BCUT2D eigenvalue weighted by molar-refractivity contribution is 7.91. The van der Waals surface area contributed by atoms with Crippen molar-refractivity contribution in [2.75, 3.05) is 12.8 Å². The molecule has 1 N–H and O–H groups in total. The number of aromatic nitrogens is 2. The Kier molecular flexibility index (Phi) is 5.03. The second-order valence-electron chi connectivity index (χ2n) is 4.53. The zero-order valence-electron chi connectivity index (χ0n) is 10.6. The van der Waals surface area contributed by atoms with E-state index < -0.39 is 15.1 Å². The summed E-state index contributed by atoms with van der Waals surface area (Å²) in [7, 11) is -3.09. The van der Waals surface area contributed by atoms with Crippen molar-refractivity contribution in [3.63, 3.8) is 0 Å². The molecule has 0 fully saturated rings. The minimum Gasteiger partial charge on any atom is -0.310 e. The quantitative estimate of drug-likeness (QED) is 0.850. The van der Waals surface area contributed by atoms with Gasteiger partial charge in [0.2, 0.25) is 0 Å². The maximum absolute atomic E-state index is 11.4. The molecule has 7 heteroatoms. The minimum atomic E-state index is -3.09. The van der Waals surface area contributed by atoms with Crippen LogP contribution in [-0.2, 0) is 16.4 Å². The highest BCUT2D eigenvalue weighted by atomic mass is 32.2. The van der Waals surface area contributed by atoms with E-state index in [4.69, 9.17) is 0 Å². The lowest BCUT2D eigenvalue weighted by atomic mass is 10.2. The summed E-state index contributed by atoms with van der Waals surface area (Å²) in [4.78, 5) is 0. The first-order valence-electron chi connectivity index (χ1n) is 5.52. The summed E-state index contributed by atoms with van der Waals surface area (Å²) >= 11 is 1.36. The van der Waals surface area contributed by atoms with Crippen molar-refractivity contribution in [2.24, 2.45) is 5.92 Å². The standard InChI is InChI=1S/C10H19N3O2S2/c1-7(2)5-11-6-9-12-13-10(16-9)8(3)17(4,14)15/h7-8,11H,5-6H2,1-4H3. The molecule has 0 aromatic carbocycles. The molecule has 1 rings (SSSR count). The number of rotatable bonds is 6. The van der Waals surface area contributed by atoms with Crippen LogP contribution in [0.5, 0.6) is 0 Å². The molecule has 5 nitrogen and oxygen atoms in total. The summed E-state index contributed by atoms with van der Waals surface area (Å²) in [6.45, 7) is 7.46. The first-order valence-corrected chi connectivity index (χ1v) is 8.29. The fraction of sp³-hybridized carbons (Fsp3) is 0.800. The molecule has 0 saturated heterocycles. The van der Waals surface area contributed by atoms with E-state index in [9.17, 15) is 8.42 Å². The molecule has 17 heavy (non-hydrogen) atoms. The molecule has 0 amide bonds. The van der Waals surface area contributed by atoms with E-state index in [2.05, 4.69) is 29.4 Å². The van der Waals surface area contributed by atoms with Crippen LogP contribution in [-0.4, -0.2) is 31.4 Å². The van der Waals surface area contributed by atoms with Crippen LogP contribution in [0.1, 0.15) is 36.0 Å². The SMILES string of the molecule is CC(C)CNCc1nnc(C(C)S(C)(=O)=O)s1. The lowest BCUT2D eigenvalue weighted by molar-refractivity contribution is 0.550. The summed E-state index contributed by atoms with van der Waals surface area (Å²) in [5.74, 6) is 0.581. The maximum atomic E-state index is 11.4. The van der Waals surface area contributed by atoms with Crippen molar-refractivity contribution in [3.8, 4) is 0 Å². The van der Waals surface area contributed by atoms with Gasteiger partial charge in [0, 0.05) is 12.8 Å². The molecule has 98 valence electrons. The zero-order chi connectivity index (χ0) is 13.1. The third-order valence-electron chi connectivity index (χ3n) is 2.30. The van der Waals surface area contributed by atoms with Gasteiger partial charge in [-0.2, -0.15) is 0 Å². The normalized spacial score (nSPS) is 14.2. The molecule has 0 radical (unpaired) electrons. The second-order valence-corrected chi connectivity index (χ2v) is 7.99. The number of hydrogen-bond donors (Lipinski definition) is 1. The summed E-state index contributed by atoms with van der Waals surface area (Å²) in [5.41, 5.74) is 0. The third kappa shape index (κ3) is 4.69. The van der Waals surface area contributed by atoms with Crippen molar-refractivity contribution < 1.29 is 8.42 Å². The zero-order valence-corrected chi connectivity index (χ0v) is 12.2. The third-order valence-corrected chi connectivity index (χ3v) is 5.06. The molecular formula is C10H19N3O2S2. The topological polar surface area (TPSA) is 72.0 Å². The largest absolute Gasteiger partial charge is 0.310 e. The van der Waals surface area contributed by atoms with E-state index in [1.54, 1.807) is 6.92 Å². The van der Waals surface area contributed by atoms with Crippen molar-refractivity contribution in [1.29, 1.82) is 0 Å². The molecule has 1 unspecified atom stereocenters. The van der Waals surface area contributed by atoms with Gasteiger partial charge in [0.15, 0.2) is 9.84 Å². The number of nitrogens with zero attached hydrogens (tertiary/aromatic N) is 2. The Bertz CT molecular complexity index is 454. The average molecular weight is 277 g/mol. The van der Waals surface area contributed by atoms with E-state index in [1.165, 1.54) is 17.6 Å². The Labute approximate surface area is 107 Å². The van der Waals surface area contributed by atoms with Gasteiger partial charge in [0.25, 0.3) is 0 Å². The second kappa shape index (κ2) is 5.88. The predicted octanol–water partition coefficient (Wildman–Crippen LogP) is 1.39. The highest BCUT2D eigenvalue weighted by Gasteiger charge is 2.21. The fourth-order valence-corrected chi connectivity index (χ4v) is 2.98. The highest BCUT2D eigenvalue weighted by Crippen LogP contribution is 2.23. The van der Waals surface area contributed by atoms with Gasteiger partial charge in [0.05, 0.1) is 0 Å². The van der Waals surface area contributed by atoms with Crippen LogP contribution in [0.3, 0.4) is 0 Å². The minimum absolute atomic E-state index is 0.564. The number of sulfone groups is 1. The summed E-state index contributed by atoms with van der Waals surface area (Å²) < 4.78 is 22.7. The fourth-order valence-electron chi connectivity index (χ4n) is 1.15. The molecule has 0 saturated carbocycles. The van der Waals surface area contributed by atoms with Gasteiger partial charge in [-0.3, -0.25) is 0 Å². The van der Waals surface area contributed by atoms with Gasteiger partial charge in [-0.25, -0.2) is 8.42 Å². The lowest BCUT2D eigenvalue weighted by Gasteiger charge is -2.04. The Balaban J connectivity index is 2.60. The molecular weight excluding hydrogens is 258 g/mol. The van der Waals surface area contributed by atoms with Crippen molar-refractivity contribution in [2.45, 2.75) is 32.6 Å². The van der Waals surface area contributed by atoms with Crippen LogP contribution in [0, 0.1) is 5.92 Å². The van der Waals surface area contributed by atoms with Gasteiger partial charge in [0.1, 0.15) is 15.3 Å². The van der Waals surface area contributed by atoms with Gasteiger partial charge < -0.3 is 5.32 Å². The van der Waals surface area contributed by atoms with Crippen molar-refractivity contribution >= 4 is 21.2 Å². The molecule has 1 heterocycles. The first kappa shape index (κ1) is 14.5. The first-order chi connectivity index (χ1) is 7.80. The number of hydrogen-bond acceptors (Lipinski definition) is 6. The molecule has 1 aromatic heterocycles. The molecule has 0 aliphatic heterocycles.